The highest BCUT2D eigenvalue weighted by molar-refractivity contribution is 5.84. The summed E-state index contributed by atoms with van der Waals surface area (Å²) in [6.45, 7) is 8.86. The second-order valence-corrected chi connectivity index (χ2v) is 7.07. The van der Waals surface area contributed by atoms with E-state index < -0.39 is 5.54 Å². The summed E-state index contributed by atoms with van der Waals surface area (Å²) < 4.78 is 0. The maximum atomic E-state index is 11.9. The minimum atomic E-state index is -0.643. The zero-order valence-electron chi connectivity index (χ0n) is 13.4. The van der Waals surface area contributed by atoms with Gasteiger partial charge in [0.25, 0.3) is 0 Å². The van der Waals surface area contributed by atoms with E-state index in [2.05, 4.69) is 36.0 Å². The van der Waals surface area contributed by atoms with E-state index in [1.165, 1.54) is 19.3 Å². The van der Waals surface area contributed by atoms with Crippen LogP contribution in [0.4, 0.5) is 0 Å². The van der Waals surface area contributed by atoms with Gasteiger partial charge in [-0.25, -0.2) is 0 Å². The normalized spacial score (nSPS) is 31.2. The molecule has 2 heterocycles. The molecular weight excluding hydrogens is 252 g/mol. The molecule has 0 aromatic carbocycles. The third-order valence-electron chi connectivity index (χ3n) is 4.92. The van der Waals surface area contributed by atoms with Crippen LogP contribution in [0.25, 0.3) is 0 Å². The van der Waals surface area contributed by atoms with Gasteiger partial charge in [0.1, 0.15) is 5.54 Å². The summed E-state index contributed by atoms with van der Waals surface area (Å²) in [4.78, 5) is 16.8. The molecule has 2 rings (SSSR count). The van der Waals surface area contributed by atoms with Gasteiger partial charge in [0.05, 0.1) is 0 Å². The zero-order valence-corrected chi connectivity index (χ0v) is 13.4. The lowest BCUT2D eigenvalue weighted by atomic mass is 9.98. The van der Waals surface area contributed by atoms with E-state index in [-0.39, 0.29) is 11.9 Å². The molecule has 0 radical (unpaired) electrons. The molecule has 2 aliphatic heterocycles. The largest absolute Gasteiger partial charge is 0.368 e. The van der Waals surface area contributed by atoms with Crippen LogP contribution in [0.2, 0.25) is 0 Å². The Labute approximate surface area is 122 Å². The molecule has 0 aromatic rings. The molecule has 5 nitrogen and oxygen atoms in total. The van der Waals surface area contributed by atoms with Gasteiger partial charge in [-0.05, 0) is 53.6 Å². The van der Waals surface area contributed by atoms with Gasteiger partial charge in [0.15, 0.2) is 0 Å². The fourth-order valence-electron chi connectivity index (χ4n) is 3.80. The number of hydrogen-bond acceptors (Lipinski definition) is 4. The van der Waals surface area contributed by atoms with Crippen molar-refractivity contribution in [2.24, 2.45) is 5.73 Å². The Balaban J connectivity index is 2.02. The van der Waals surface area contributed by atoms with Gasteiger partial charge in [0.2, 0.25) is 5.91 Å². The average Bonchev–Trinajstić information content (AvgIpc) is 2.56. The van der Waals surface area contributed by atoms with Crippen molar-refractivity contribution in [1.29, 1.82) is 0 Å². The van der Waals surface area contributed by atoms with Crippen LogP contribution in [0, 0.1) is 0 Å². The summed E-state index contributed by atoms with van der Waals surface area (Å²) in [6.07, 6.45) is 3.80. The highest BCUT2D eigenvalue weighted by Crippen LogP contribution is 2.29. The molecule has 0 spiro atoms. The number of likely N-dealkylation sites (N-methyl/N-ethyl adjacent to an activating group) is 1. The van der Waals surface area contributed by atoms with E-state index in [1.54, 1.807) is 0 Å². The molecule has 2 saturated heterocycles. The topological polar surface area (TPSA) is 61.6 Å². The average molecular weight is 282 g/mol. The maximum absolute atomic E-state index is 11.9. The van der Waals surface area contributed by atoms with Crippen LogP contribution < -0.4 is 11.1 Å². The number of nitrogens with one attached hydrogen (secondary N) is 1. The molecule has 0 saturated carbocycles. The number of nitrogens with two attached hydrogens (primary N) is 1. The number of rotatable bonds is 5. The second-order valence-electron chi connectivity index (χ2n) is 7.07. The van der Waals surface area contributed by atoms with Crippen LogP contribution >= 0.6 is 0 Å². The third-order valence-corrected chi connectivity index (χ3v) is 4.92. The van der Waals surface area contributed by atoms with Crippen LogP contribution in [0.3, 0.4) is 0 Å². The summed E-state index contributed by atoms with van der Waals surface area (Å²) in [7, 11) is 2.24. The first-order valence-electron chi connectivity index (χ1n) is 7.84. The zero-order chi connectivity index (χ0) is 14.9. The summed E-state index contributed by atoms with van der Waals surface area (Å²) in [5.74, 6) is -0.256. The third kappa shape index (κ3) is 3.32. The van der Waals surface area contributed by atoms with Gasteiger partial charge in [-0.3, -0.25) is 14.6 Å². The Morgan fingerprint density at radius 3 is 2.60 bits per heavy atom. The maximum Gasteiger partial charge on any atom is 0.238 e. The SMILES string of the molecule is CC(C)NC(C)(CN1CCC2CCC(C1)N2C)C(N)=O. The fraction of sp³-hybridized carbons (Fsp3) is 0.933. The smallest absolute Gasteiger partial charge is 0.238 e. The standard InChI is InChI=1S/C15H30N4O/c1-11(2)17-15(3,14(16)20)10-19-8-7-12-5-6-13(9-19)18(12)4/h11-13,17H,5-10H2,1-4H3,(H2,16,20). The predicted molar refractivity (Wildman–Crippen MR) is 81.5 cm³/mol. The van der Waals surface area contributed by atoms with Crippen molar-refractivity contribution < 1.29 is 4.79 Å². The number of likely N-dealkylation sites (tertiary alicyclic amines) is 1. The van der Waals surface area contributed by atoms with Crippen molar-refractivity contribution in [2.45, 2.75) is 63.7 Å². The lowest BCUT2D eigenvalue weighted by molar-refractivity contribution is -0.125. The number of nitrogens with zero attached hydrogens (tertiary/aromatic N) is 2. The number of hydrogen-bond donors (Lipinski definition) is 2. The molecule has 3 N–H and O–H groups in total. The monoisotopic (exact) mass is 282 g/mol. The number of carbonyl (C=O) groups is 1. The van der Waals surface area contributed by atoms with Gasteiger partial charge in [-0.15, -0.1) is 0 Å². The first-order valence-corrected chi connectivity index (χ1v) is 7.84. The molecule has 20 heavy (non-hydrogen) atoms. The first-order chi connectivity index (χ1) is 9.32. The number of primary amides is 1. The fourth-order valence-corrected chi connectivity index (χ4v) is 3.80. The minimum Gasteiger partial charge on any atom is -0.368 e. The van der Waals surface area contributed by atoms with Gasteiger partial charge in [-0.2, -0.15) is 0 Å². The van der Waals surface area contributed by atoms with Crippen LogP contribution in [-0.2, 0) is 4.79 Å². The quantitative estimate of drug-likeness (QED) is 0.766. The molecule has 116 valence electrons. The molecular formula is C15H30N4O. The van der Waals surface area contributed by atoms with Crippen LogP contribution in [0.1, 0.15) is 40.0 Å². The summed E-state index contributed by atoms with van der Waals surface area (Å²) in [5.41, 5.74) is 5.00. The van der Waals surface area contributed by atoms with E-state index in [1.807, 2.05) is 6.92 Å². The van der Waals surface area contributed by atoms with Crippen molar-refractivity contribution >= 4 is 5.91 Å². The first kappa shape index (κ1) is 15.7. The van der Waals surface area contributed by atoms with Crippen molar-refractivity contribution in [3.8, 4) is 0 Å². The van der Waals surface area contributed by atoms with Crippen LogP contribution in [-0.4, -0.2) is 66.1 Å². The molecule has 0 aliphatic carbocycles. The number of amides is 1. The second kappa shape index (κ2) is 6.00. The molecule has 2 aliphatic rings. The minimum absolute atomic E-state index is 0.249. The molecule has 5 heteroatoms. The predicted octanol–water partition coefficient (Wildman–Crippen LogP) is 0.397. The van der Waals surface area contributed by atoms with Crippen molar-refractivity contribution in [3.05, 3.63) is 0 Å². The van der Waals surface area contributed by atoms with Gasteiger partial charge >= 0.3 is 0 Å². The molecule has 1 amide bonds. The van der Waals surface area contributed by atoms with E-state index in [0.717, 1.165) is 19.1 Å². The van der Waals surface area contributed by atoms with Crippen molar-refractivity contribution in [1.82, 2.24) is 15.1 Å². The Bertz CT molecular complexity index is 360. The molecule has 2 fully saturated rings. The van der Waals surface area contributed by atoms with Gasteiger partial charge < -0.3 is 11.1 Å². The van der Waals surface area contributed by atoms with Crippen LogP contribution in [0.5, 0.6) is 0 Å². The summed E-state index contributed by atoms with van der Waals surface area (Å²) in [5, 5.41) is 3.35. The van der Waals surface area contributed by atoms with E-state index >= 15 is 0 Å². The summed E-state index contributed by atoms with van der Waals surface area (Å²) >= 11 is 0. The van der Waals surface area contributed by atoms with E-state index in [0.29, 0.717) is 12.6 Å². The lowest BCUT2D eigenvalue weighted by Gasteiger charge is -2.36. The highest BCUT2D eigenvalue weighted by Gasteiger charge is 2.39. The Morgan fingerprint density at radius 1 is 1.35 bits per heavy atom. The van der Waals surface area contributed by atoms with Crippen LogP contribution in [0.15, 0.2) is 0 Å². The Hall–Kier alpha value is -0.650. The van der Waals surface area contributed by atoms with Gasteiger partial charge in [0, 0.05) is 31.2 Å². The Morgan fingerprint density at radius 2 is 2.00 bits per heavy atom. The van der Waals surface area contributed by atoms with E-state index in [9.17, 15) is 4.79 Å². The highest BCUT2D eigenvalue weighted by atomic mass is 16.1. The summed E-state index contributed by atoms with van der Waals surface area (Å²) in [6, 6.07) is 1.61. The van der Waals surface area contributed by atoms with Gasteiger partial charge in [-0.1, -0.05) is 0 Å². The molecule has 2 bridgehead atoms. The molecule has 0 aromatic heterocycles. The Kier molecular flexibility index (Phi) is 4.72. The van der Waals surface area contributed by atoms with Crippen molar-refractivity contribution in [3.63, 3.8) is 0 Å². The van der Waals surface area contributed by atoms with Crippen molar-refractivity contribution in [2.75, 3.05) is 26.7 Å². The number of fused-ring (bicyclic) bond motifs is 2. The van der Waals surface area contributed by atoms with E-state index in [4.69, 9.17) is 5.73 Å². The number of carbonyl (C=O) groups excluding carboxylic acids is 1. The molecule has 3 atom stereocenters. The lowest BCUT2D eigenvalue weighted by Crippen LogP contribution is -2.61. The molecule has 3 unspecified atom stereocenters.